The highest BCUT2D eigenvalue weighted by Gasteiger charge is 2.42. The summed E-state index contributed by atoms with van der Waals surface area (Å²) < 4.78 is 0. The molecule has 2 atom stereocenters. The van der Waals surface area contributed by atoms with Gasteiger partial charge in [0.05, 0.1) is 6.04 Å². The number of hydrogen-bond acceptors (Lipinski definition) is 1. The zero-order valence-corrected chi connectivity index (χ0v) is 8.72. The molecule has 0 bridgehead atoms. The SMILES string of the molecule is CC12C=CC=CC1NC1=C2CCCC1. The van der Waals surface area contributed by atoms with E-state index in [-0.39, 0.29) is 5.41 Å². The van der Waals surface area contributed by atoms with Gasteiger partial charge in [0, 0.05) is 11.1 Å². The van der Waals surface area contributed by atoms with E-state index in [2.05, 4.69) is 36.5 Å². The zero-order valence-electron chi connectivity index (χ0n) is 8.72. The van der Waals surface area contributed by atoms with E-state index >= 15 is 0 Å². The molecule has 1 nitrogen and oxygen atoms in total. The Kier molecular flexibility index (Phi) is 1.64. The predicted octanol–water partition coefficient (Wildman–Crippen LogP) is 2.92. The van der Waals surface area contributed by atoms with E-state index in [0.717, 1.165) is 0 Å². The van der Waals surface area contributed by atoms with Crippen LogP contribution in [0.3, 0.4) is 0 Å². The number of nitrogens with one attached hydrogen (secondary N) is 1. The summed E-state index contributed by atoms with van der Waals surface area (Å²) in [5, 5.41) is 3.68. The Labute approximate surface area is 85.6 Å². The van der Waals surface area contributed by atoms with E-state index in [1.54, 1.807) is 11.3 Å². The summed E-state index contributed by atoms with van der Waals surface area (Å²) in [6.45, 7) is 2.37. The minimum absolute atomic E-state index is 0.282. The zero-order chi connectivity index (χ0) is 9.60. The first kappa shape index (κ1) is 8.34. The average molecular weight is 187 g/mol. The Morgan fingerprint density at radius 2 is 2.14 bits per heavy atom. The molecule has 3 rings (SSSR count). The summed E-state index contributed by atoms with van der Waals surface area (Å²) in [7, 11) is 0. The van der Waals surface area contributed by atoms with Gasteiger partial charge in [-0.25, -0.2) is 0 Å². The molecule has 1 heteroatoms. The summed E-state index contributed by atoms with van der Waals surface area (Å²) in [6.07, 6.45) is 14.3. The molecular weight excluding hydrogens is 170 g/mol. The van der Waals surface area contributed by atoms with E-state index in [0.29, 0.717) is 6.04 Å². The van der Waals surface area contributed by atoms with Gasteiger partial charge < -0.3 is 5.32 Å². The molecule has 1 heterocycles. The van der Waals surface area contributed by atoms with E-state index in [1.807, 2.05) is 0 Å². The average Bonchev–Trinajstić information content (AvgIpc) is 2.51. The van der Waals surface area contributed by atoms with Crippen molar-refractivity contribution in [2.24, 2.45) is 5.41 Å². The van der Waals surface area contributed by atoms with Crippen molar-refractivity contribution < 1.29 is 0 Å². The van der Waals surface area contributed by atoms with Crippen molar-refractivity contribution in [1.82, 2.24) is 5.32 Å². The summed E-state index contributed by atoms with van der Waals surface area (Å²) in [4.78, 5) is 0. The van der Waals surface area contributed by atoms with Crippen LogP contribution in [0.1, 0.15) is 32.6 Å². The lowest BCUT2D eigenvalue weighted by Crippen LogP contribution is -2.35. The third-order valence-electron chi connectivity index (χ3n) is 3.95. The molecule has 0 radical (unpaired) electrons. The van der Waals surface area contributed by atoms with Gasteiger partial charge in [-0.3, -0.25) is 0 Å². The molecule has 0 aromatic heterocycles. The van der Waals surface area contributed by atoms with Crippen molar-refractivity contribution in [3.8, 4) is 0 Å². The van der Waals surface area contributed by atoms with Crippen LogP contribution in [0.4, 0.5) is 0 Å². The van der Waals surface area contributed by atoms with Crippen LogP contribution in [0.2, 0.25) is 0 Å². The molecule has 0 amide bonds. The standard InChI is InChI=1S/C13H17N/c1-13-9-5-4-8-12(13)14-11-7-3-2-6-10(11)13/h4-5,8-9,12,14H,2-3,6-7H2,1H3. The maximum atomic E-state index is 3.68. The first-order valence-electron chi connectivity index (χ1n) is 5.66. The van der Waals surface area contributed by atoms with Crippen LogP contribution in [0.25, 0.3) is 0 Å². The molecule has 2 unspecified atom stereocenters. The third-order valence-corrected chi connectivity index (χ3v) is 3.95. The highest BCUT2D eigenvalue weighted by Crippen LogP contribution is 2.47. The highest BCUT2D eigenvalue weighted by molar-refractivity contribution is 5.42. The second-order valence-electron chi connectivity index (χ2n) is 4.81. The summed E-state index contributed by atoms with van der Waals surface area (Å²) >= 11 is 0. The Balaban J connectivity index is 2.05. The van der Waals surface area contributed by atoms with Gasteiger partial charge in [-0.2, -0.15) is 0 Å². The summed E-state index contributed by atoms with van der Waals surface area (Å²) in [5.74, 6) is 0. The maximum absolute atomic E-state index is 3.68. The lowest BCUT2D eigenvalue weighted by Gasteiger charge is -2.31. The molecule has 0 fully saturated rings. The van der Waals surface area contributed by atoms with E-state index < -0.39 is 0 Å². The fraction of sp³-hybridized carbons (Fsp3) is 0.538. The lowest BCUT2D eigenvalue weighted by atomic mass is 9.72. The van der Waals surface area contributed by atoms with Gasteiger partial charge in [-0.05, 0) is 38.2 Å². The molecule has 74 valence electrons. The molecule has 0 aromatic carbocycles. The maximum Gasteiger partial charge on any atom is 0.0570 e. The van der Waals surface area contributed by atoms with Crippen LogP contribution >= 0.6 is 0 Å². The molecule has 0 saturated carbocycles. The molecule has 1 N–H and O–H groups in total. The molecule has 0 aromatic rings. The highest BCUT2D eigenvalue weighted by atomic mass is 15.0. The van der Waals surface area contributed by atoms with Gasteiger partial charge in [-0.1, -0.05) is 24.3 Å². The van der Waals surface area contributed by atoms with Crippen molar-refractivity contribution in [2.45, 2.75) is 38.6 Å². The van der Waals surface area contributed by atoms with Crippen molar-refractivity contribution in [2.75, 3.05) is 0 Å². The van der Waals surface area contributed by atoms with Crippen molar-refractivity contribution >= 4 is 0 Å². The Hall–Kier alpha value is -0.980. The molecule has 1 aliphatic heterocycles. The minimum Gasteiger partial charge on any atom is -0.381 e. The first-order chi connectivity index (χ1) is 6.81. The smallest absolute Gasteiger partial charge is 0.0570 e. The van der Waals surface area contributed by atoms with Crippen LogP contribution in [0.15, 0.2) is 35.6 Å². The molecular formula is C13H17N. The Morgan fingerprint density at radius 1 is 1.29 bits per heavy atom. The molecule has 2 aliphatic carbocycles. The van der Waals surface area contributed by atoms with Gasteiger partial charge >= 0.3 is 0 Å². The van der Waals surface area contributed by atoms with Crippen LogP contribution in [0.5, 0.6) is 0 Å². The third kappa shape index (κ3) is 0.956. The quantitative estimate of drug-likeness (QED) is 0.615. The van der Waals surface area contributed by atoms with Gasteiger partial charge in [0.15, 0.2) is 0 Å². The number of rotatable bonds is 0. The fourth-order valence-corrected chi connectivity index (χ4v) is 3.07. The normalized spacial score (nSPS) is 39.4. The summed E-state index contributed by atoms with van der Waals surface area (Å²) in [5.41, 5.74) is 3.50. The monoisotopic (exact) mass is 187 g/mol. The first-order valence-corrected chi connectivity index (χ1v) is 5.66. The second kappa shape index (κ2) is 2.75. The van der Waals surface area contributed by atoms with Crippen LogP contribution in [-0.4, -0.2) is 6.04 Å². The molecule has 14 heavy (non-hydrogen) atoms. The van der Waals surface area contributed by atoms with Crippen molar-refractivity contribution in [3.05, 3.63) is 35.6 Å². The Bertz CT molecular complexity index is 348. The lowest BCUT2D eigenvalue weighted by molar-refractivity contribution is 0.438. The van der Waals surface area contributed by atoms with E-state index in [4.69, 9.17) is 0 Å². The number of allylic oxidation sites excluding steroid dienone is 3. The predicted molar refractivity (Wildman–Crippen MR) is 58.8 cm³/mol. The Morgan fingerprint density at radius 3 is 3.07 bits per heavy atom. The van der Waals surface area contributed by atoms with Gasteiger partial charge in [0.2, 0.25) is 0 Å². The molecule has 0 saturated heterocycles. The largest absolute Gasteiger partial charge is 0.381 e. The second-order valence-corrected chi connectivity index (χ2v) is 4.81. The number of fused-ring (bicyclic) bond motifs is 2. The van der Waals surface area contributed by atoms with Crippen molar-refractivity contribution in [1.29, 1.82) is 0 Å². The van der Waals surface area contributed by atoms with Crippen LogP contribution in [-0.2, 0) is 0 Å². The van der Waals surface area contributed by atoms with Gasteiger partial charge in [0.1, 0.15) is 0 Å². The van der Waals surface area contributed by atoms with Gasteiger partial charge in [-0.15, -0.1) is 0 Å². The van der Waals surface area contributed by atoms with Crippen LogP contribution in [0, 0.1) is 5.41 Å². The topological polar surface area (TPSA) is 12.0 Å². The van der Waals surface area contributed by atoms with Gasteiger partial charge in [0.25, 0.3) is 0 Å². The minimum atomic E-state index is 0.282. The molecule has 0 spiro atoms. The summed E-state index contributed by atoms with van der Waals surface area (Å²) in [6, 6.07) is 0.524. The van der Waals surface area contributed by atoms with Crippen molar-refractivity contribution in [3.63, 3.8) is 0 Å². The van der Waals surface area contributed by atoms with E-state index in [9.17, 15) is 0 Å². The number of hydrogen-bond donors (Lipinski definition) is 1. The fourth-order valence-electron chi connectivity index (χ4n) is 3.07. The van der Waals surface area contributed by atoms with Crippen LogP contribution < -0.4 is 5.32 Å². The molecule has 3 aliphatic rings. The van der Waals surface area contributed by atoms with E-state index in [1.165, 1.54) is 25.7 Å².